The molecule has 0 spiro atoms. The van der Waals surface area contributed by atoms with Gasteiger partial charge in [-0.3, -0.25) is 0 Å². The predicted octanol–water partition coefficient (Wildman–Crippen LogP) is 3.39. The summed E-state index contributed by atoms with van der Waals surface area (Å²) >= 11 is 0. The van der Waals surface area contributed by atoms with Crippen LogP contribution in [0, 0.1) is 0 Å². The summed E-state index contributed by atoms with van der Waals surface area (Å²) in [6, 6.07) is 20.5. The minimum Gasteiger partial charge on any atom is -0.365 e. The van der Waals surface area contributed by atoms with Gasteiger partial charge in [0.05, 0.1) is 11.8 Å². The Balaban J connectivity index is 1.25. The maximum absolute atomic E-state index is 11.7. The SMILES string of the molecule is CS(=O)(=O)N1CCN(c2ccc(CNc3ncnc4cc(-c5ccccc5)ccc34)cn2)CC1. The third-order valence-electron chi connectivity index (χ3n) is 6.04. The van der Waals surface area contributed by atoms with Gasteiger partial charge >= 0.3 is 0 Å². The van der Waals surface area contributed by atoms with Crippen LogP contribution in [0.2, 0.25) is 0 Å². The monoisotopic (exact) mass is 474 g/mol. The van der Waals surface area contributed by atoms with Crippen LogP contribution >= 0.6 is 0 Å². The minimum absolute atomic E-state index is 0.483. The van der Waals surface area contributed by atoms with Gasteiger partial charge in [-0.2, -0.15) is 4.31 Å². The average molecular weight is 475 g/mol. The topological polar surface area (TPSA) is 91.3 Å². The number of benzene rings is 2. The number of nitrogens with zero attached hydrogens (tertiary/aromatic N) is 5. The van der Waals surface area contributed by atoms with Crippen LogP contribution in [0.1, 0.15) is 5.56 Å². The van der Waals surface area contributed by atoms with E-state index in [1.165, 1.54) is 10.6 Å². The first-order chi connectivity index (χ1) is 16.5. The molecule has 0 unspecified atom stereocenters. The van der Waals surface area contributed by atoms with Crippen molar-refractivity contribution >= 4 is 32.6 Å². The molecular weight excluding hydrogens is 448 g/mol. The first-order valence-electron chi connectivity index (χ1n) is 11.2. The van der Waals surface area contributed by atoms with Gasteiger partial charge in [0.1, 0.15) is 18.0 Å². The van der Waals surface area contributed by atoms with Crippen molar-refractivity contribution < 1.29 is 8.42 Å². The van der Waals surface area contributed by atoms with Gasteiger partial charge in [0.15, 0.2) is 0 Å². The van der Waals surface area contributed by atoms with Crippen LogP contribution < -0.4 is 10.2 Å². The molecule has 1 aliphatic heterocycles. The van der Waals surface area contributed by atoms with Gasteiger partial charge in [-0.1, -0.05) is 42.5 Å². The van der Waals surface area contributed by atoms with E-state index in [1.54, 1.807) is 6.33 Å². The lowest BCUT2D eigenvalue weighted by molar-refractivity contribution is 0.387. The molecule has 5 rings (SSSR count). The van der Waals surface area contributed by atoms with Gasteiger partial charge in [-0.25, -0.2) is 23.4 Å². The van der Waals surface area contributed by atoms with Gasteiger partial charge in [0.25, 0.3) is 0 Å². The molecule has 34 heavy (non-hydrogen) atoms. The minimum atomic E-state index is -3.14. The molecule has 2 aromatic heterocycles. The van der Waals surface area contributed by atoms with Crippen molar-refractivity contribution in [1.82, 2.24) is 19.3 Å². The molecule has 1 fully saturated rings. The summed E-state index contributed by atoms with van der Waals surface area (Å²) in [5, 5.41) is 4.37. The third kappa shape index (κ3) is 4.85. The molecule has 174 valence electrons. The first kappa shape index (κ1) is 22.2. The molecule has 1 aliphatic rings. The number of fused-ring (bicyclic) bond motifs is 1. The Morgan fingerprint density at radius 1 is 0.882 bits per heavy atom. The zero-order valence-electron chi connectivity index (χ0n) is 18.9. The lowest BCUT2D eigenvalue weighted by Crippen LogP contribution is -2.48. The molecule has 9 heteroatoms. The van der Waals surface area contributed by atoms with Crippen molar-refractivity contribution in [2.24, 2.45) is 0 Å². The fourth-order valence-electron chi connectivity index (χ4n) is 4.15. The molecule has 0 saturated carbocycles. The number of hydrogen-bond acceptors (Lipinski definition) is 7. The van der Waals surface area contributed by atoms with Gasteiger partial charge in [0.2, 0.25) is 10.0 Å². The second-order valence-corrected chi connectivity index (χ2v) is 10.3. The lowest BCUT2D eigenvalue weighted by atomic mass is 10.0. The van der Waals surface area contributed by atoms with Gasteiger partial charge in [0, 0.05) is 44.3 Å². The molecule has 3 heterocycles. The zero-order chi connectivity index (χ0) is 23.5. The number of nitrogens with one attached hydrogen (secondary N) is 1. The smallest absolute Gasteiger partial charge is 0.211 e. The number of pyridine rings is 1. The largest absolute Gasteiger partial charge is 0.365 e. The van der Waals surface area contributed by atoms with E-state index in [0.717, 1.165) is 39.2 Å². The van der Waals surface area contributed by atoms with E-state index >= 15 is 0 Å². The van der Waals surface area contributed by atoms with Crippen LogP contribution in [0.15, 0.2) is 73.2 Å². The summed E-state index contributed by atoms with van der Waals surface area (Å²) in [5.41, 5.74) is 4.20. The van der Waals surface area contributed by atoms with Crippen molar-refractivity contribution in [1.29, 1.82) is 0 Å². The maximum Gasteiger partial charge on any atom is 0.211 e. The number of rotatable bonds is 6. The molecule has 1 N–H and O–H groups in total. The van der Waals surface area contributed by atoms with Crippen molar-refractivity contribution in [3.63, 3.8) is 0 Å². The van der Waals surface area contributed by atoms with Crippen molar-refractivity contribution in [3.05, 3.63) is 78.8 Å². The summed E-state index contributed by atoms with van der Waals surface area (Å²) in [5.74, 6) is 1.64. The molecule has 0 atom stereocenters. The molecule has 2 aromatic carbocycles. The molecule has 0 aliphatic carbocycles. The van der Waals surface area contributed by atoms with Gasteiger partial charge < -0.3 is 10.2 Å². The first-order valence-corrected chi connectivity index (χ1v) is 13.0. The highest BCUT2D eigenvalue weighted by atomic mass is 32.2. The highest BCUT2D eigenvalue weighted by molar-refractivity contribution is 7.88. The molecule has 0 bridgehead atoms. The number of hydrogen-bond donors (Lipinski definition) is 1. The summed E-state index contributed by atoms with van der Waals surface area (Å²) < 4.78 is 24.9. The number of aromatic nitrogens is 3. The second-order valence-electron chi connectivity index (χ2n) is 8.35. The van der Waals surface area contributed by atoms with Crippen LogP contribution in [0.4, 0.5) is 11.6 Å². The fourth-order valence-corrected chi connectivity index (χ4v) is 4.98. The van der Waals surface area contributed by atoms with Crippen molar-refractivity contribution in [3.8, 4) is 11.1 Å². The Morgan fingerprint density at radius 3 is 2.38 bits per heavy atom. The average Bonchev–Trinajstić information content (AvgIpc) is 2.87. The van der Waals surface area contributed by atoms with E-state index in [4.69, 9.17) is 0 Å². The summed E-state index contributed by atoms with van der Waals surface area (Å²) in [6.45, 7) is 2.82. The Kier molecular flexibility index (Phi) is 6.12. The van der Waals surface area contributed by atoms with E-state index in [-0.39, 0.29) is 0 Å². The molecule has 0 radical (unpaired) electrons. The van der Waals surface area contributed by atoms with E-state index < -0.39 is 10.0 Å². The van der Waals surface area contributed by atoms with Crippen LogP contribution in [0.25, 0.3) is 22.0 Å². The molecular formula is C25H26N6O2S. The second kappa shape index (κ2) is 9.36. The molecule has 0 amide bonds. The van der Waals surface area contributed by atoms with Crippen LogP contribution in [0.5, 0.6) is 0 Å². The van der Waals surface area contributed by atoms with Gasteiger partial charge in [-0.15, -0.1) is 0 Å². The zero-order valence-corrected chi connectivity index (χ0v) is 19.7. The molecule has 1 saturated heterocycles. The molecule has 8 nitrogen and oxygen atoms in total. The Labute approximate surface area is 199 Å². The number of sulfonamides is 1. The number of piperazine rings is 1. The quantitative estimate of drug-likeness (QED) is 0.458. The van der Waals surface area contributed by atoms with Gasteiger partial charge in [-0.05, 0) is 34.9 Å². The highest BCUT2D eigenvalue weighted by Gasteiger charge is 2.23. The van der Waals surface area contributed by atoms with E-state index in [1.807, 2.05) is 36.5 Å². The summed E-state index contributed by atoms with van der Waals surface area (Å²) in [7, 11) is -3.14. The van der Waals surface area contributed by atoms with E-state index in [9.17, 15) is 8.42 Å². The third-order valence-corrected chi connectivity index (χ3v) is 7.35. The van der Waals surface area contributed by atoms with E-state index in [2.05, 4.69) is 55.5 Å². The highest BCUT2D eigenvalue weighted by Crippen LogP contribution is 2.26. The lowest BCUT2D eigenvalue weighted by Gasteiger charge is -2.34. The predicted molar refractivity (Wildman–Crippen MR) is 135 cm³/mol. The summed E-state index contributed by atoms with van der Waals surface area (Å²) in [6.07, 6.45) is 4.69. The van der Waals surface area contributed by atoms with Crippen molar-refractivity contribution in [2.45, 2.75) is 6.54 Å². The normalized spacial score (nSPS) is 14.9. The maximum atomic E-state index is 11.7. The van der Waals surface area contributed by atoms with Crippen LogP contribution in [-0.4, -0.2) is 60.1 Å². The standard InChI is InChI=1S/C25H26N6O2S/c1-34(32,33)31-13-11-30(12-14-31)24-10-7-19(16-26-24)17-27-25-22-9-8-21(15-23(22)28-18-29-25)20-5-3-2-4-6-20/h2-10,15-16,18H,11-14,17H2,1H3,(H,27,28,29). The fraction of sp³-hybridized carbons (Fsp3) is 0.240. The Morgan fingerprint density at radius 2 is 1.68 bits per heavy atom. The van der Waals surface area contributed by atoms with Crippen LogP contribution in [0.3, 0.4) is 0 Å². The molecule has 4 aromatic rings. The van der Waals surface area contributed by atoms with E-state index in [0.29, 0.717) is 32.7 Å². The van der Waals surface area contributed by atoms with Crippen LogP contribution in [-0.2, 0) is 16.6 Å². The van der Waals surface area contributed by atoms with Crippen molar-refractivity contribution in [2.75, 3.05) is 42.7 Å². The Bertz CT molecular complexity index is 1390. The number of anilines is 2. The summed E-state index contributed by atoms with van der Waals surface area (Å²) in [4.78, 5) is 15.6. The Hall–Kier alpha value is -3.56.